The summed E-state index contributed by atoms with van der Waals surface area (Å²) < 4.78 is 17.9. The Morgan fingerprint density at radius 2 is 1.79 bits per heavy atom. The molecule has 1 saturated heterocycles. The van der Waals surface area contributed by atoms with Crippen molar-refractivity contribution in [1.82, 2.24) is 19.9 Å². The Balaban J connectivity index is 1.78. The van der Waals surface area contributed by atoms with Crippen molar-refractivity contribution in [2.24, 2.45) is 0 Å². The molecule has 2 unspecified atom stereocenters. The van der Waals surface area contributed by atoms with E-state index in [4.69, 9.17) is 27.9 Å². The van der Waals surface area contributed by atoms with Gasteiger partial charge in [0.2, 0.25) is 11.8 Å². The second-order valence-corrected chi connectivity index (χ2v) is 10.3. The summed E-state index contributed by atoms with van der Waals surface area (Å²) in [6, 6.07) is 5.18. The minimum atomic E-state index is -1.07. The number of ether oxygens (including phenoxy) is 1. The molecule has 0 bridgehead atoms. The maximum atomic E-state index is 11.9. The molecule has 3 aromatic rings. The fraction of sp³-hybridized carbons (Fsp3) is 0.429. The first-order valence-corrected chi connectivity index (χ1v) is 12.8. The molecule has 182 valence electrons. The third kappa shape index (κ3) is 5.33. The lowest BCUT2D eigenvalue weighted by molar-refractivity contribution is 0.103. The van der Waals surface area contributed by atoms with Crippen LogP contribution >= 0.6 is 23.2 Å². The van der Waals surface area contributed by atoms with Crippen molar-refractivity contribution in [3.8, 4) is 5.88 Å². The molecule has 0 aliphatic carbocycles. The van der Waals surface area contributed by atoms with Gasteiger partial charge < -0.3 is 19.8 Å². The first kappa shape index (κ1) is 24.8. The van der Waals surface area contributed by atoms with Crippen LogP contribution in [0.3, 0.4) is 0 Å². The number of hydrogen-bond donors (Lipinski definition) is 2. The number of rotatable bonds is 7. The van der Waals surface area contributed by atoms with E-state index in [0.29, 0.717) is 51.5 Å². The normalized spacial score (nSPS) is 16.5. The maximum Gasteiger partial charge on any atom is 0.244 e. The van der Waals surface area contributed by atoms with E-state index in [1.807, 2.05) is 4.90 Å². The predicted octanol–water partition coefficient (Wildman–Crippen LogP) is 2.36. The van der Waals surface area contributed by atoms with Gasteiger partial charge in [0.15, 0.2) is 11.3 Å². The summed E-state index contributed by atoms with van der Waals surface area (Å²) in [4.78, 5) is 21.0. The van der Waals surface area contributed by atoms with Crippen molar-refractivity contribution >= 4 is 56.8 Å². The van der Waals surface area contributed by atoms with Gasteiger partial charge >= 0.3 is 0 Å². The number of nitrogens with zero attached hydrogens (tertiary/aromatic N) is 6. The predicted molar refractivity (Wildman–Crippen MR) is 132 cm³/mol. The molecule has 0 amide bonds. The van der Waals surface area contributed by atoms with Crippen molar-refractivity contribution in [3.63, 3.8) is 0 Å². The van der Waals surface area contributed by atoms with E-state index in [0.717, 1.165) is 5.56 Å². The molecule has 13 heteroatoms. The molecule has 3 heterocycles. The van der Waals surface area contributed by atoms with Crippen LogP contribution in [-0.4, -0.2) is 71.4 Å². The van der Waals surface area contributed by atoms with Crippen molar-refractivity contribution in [1.29, 1.82) is 0 Å². The van der Waals surface area contributed by atoms with E-state index < -0.39 is 23.3 Å². The lowest BCUT2D eigenvalue weighted by Crippen LogP contribution is -2.42. The quantitative estimate of drug-likeness (QED) is 0.443. The van der Waals surface area contributed by atoms with Gasteiger partial charge in [-0.25, -0.2) is 9.97 Å². The van der Waals surface area contributed by atoms with Crippen LogP contribution in [0.2, 0.25) is 10.0 Å². The number of halogens is 2. The summed E-state index contributed by atoms with van der Waals surface area (Å²) in [5, 5.41) is 21.4. The molecule has 34 heavy (non-hydrogen) atoms. The minimum absolute atomic E-state index is 0.0911. The molecule has 1 aliphatic rings. The molecule has 1 aromatic carbocycles. The van der Waals surface area contributed by atoms with Gasteiger partial charge in [-0.3, -0.25) is 9.11 Å². The number of fused-ring (bicyclic) bond motifs is 1. The van der Waals surface area contributed by atoms with Crippen molar-refractivity contribution < 1.29 is 19.2 Å². The molecule has 1 fully saturated rings. The molecule has 2 atom stereocenters. The number of anilines is 2. The van der Waals surface area contributed by atoms with Crippen molar-refractivity contribution in [2.45, 2.75) is 32.9 Å². The van der Waals surface area contributed by atoms with E-state index in [-0.39, 0.29) is 18.4 Å². The van der Waals surface area contributed by atoms with Crippen LogP contribution in [0.5, 0.6) is 5.88 Å². The Labute approximate surface area is 209 Å². The van der Waals surface area contributed by atoms with Crippen LogP contribution in [0.1, 0.15) is 19.4 Å². The second-order valence-electron chi connectivity index (χ2n) is 7.77. The van der Waals surface area contributed by atoms with Gasteiger partial charge in [0.25, 0.3) is 0 Å². The number of benzene rings is 1. The third-order valence-corrected chi connectivity index (χ3v) is 7.31. The van der Waals surface area contributed by atoms with E-state index in [1.54, 1.807) is 18.2 Å². The van der Waals surface area contributed by atoms with Gasteiger partial charge in [0, 0.05) is 35.4 Å². The van der Waals surface area contributed by atoms with Crippen molar-refractivity contribution in [2.75, 3.05) is 34.4 Å². The van der Waals surface area contributed by atoms with Gasteiger partial charge in [0.05, 0.1) is 10.0 Å². The molecule has 0 spiro atoms. The summed E-state index contributed by atoms with van der Waals surface area (Å²) >= 11 is 12.1. The molecule has 10 nitrogen and oxygen atoms in total. The molecule has 0 saturated carbocycles. The third-order valence-electron chi connectivity index (χ3n) is 5.29. The minimum Gasteiger partial charge on any atom is -0.471 e. The topological polar surface area (TPSA) is 125 Å². The van der Waals surface area contributed by atoms with Gasteiger partial charge in [-0.1, -0.05) is 29.3 Å². The Bertz CT molecular complexity index is 1200. The molecule has 4 rings (SSSR count). The monoisotopic (exact) mass is 526 g/mol. The fourth-order valence-electron chi connectivity index (χ4n) is 3.62. The summed E-state index contributed by atoms with van der Waals surface area (Å²) in [6.45, 7) is 4.20. The van der Waals surface area contributed by atoms with Crippen molar-refractivity contribution in [3.05, 3.63) is 40.1 Å². The van der Waals surface area contributed by atoms with Crippen LogP contribution in [0, 0.1) is 0 Å². The van der Waals surface area contributed by atoms with E-state index >= 15 is 0 Å². The summed E-state index contributed by atoms with van der Waals surface area (Å²) in [5.41, 5.74) is 1.55. The molecule has 1 aliphatic heterocycles. The highest BCUT2D eigenvalue weighted by molar-refractivity contribution is 7.85. The number of aromatic nitrogens is 4. The Morgan fingerprint density at radius 1 is 1.09 bits per heavy atom. The summed E-state index contributed by atoms with van der Waals surface area (Å²) in [6.07, 6.45) is -0.767. The van der Waals surface area contributed by atoms with Crippen LogP contribution in [0.4, 0.5) is 11.8 Å². The summed E-state index contributed by atoms with van der Waals surface area (Å²) in [7, 11) is -0.883. The first-order valence-electron chi connectivity index (χ1n) is 10.6. The zero-order valence-electron chi connectivity index (χ0n) is 18.6. The highest BCUT2D eigenvalue weighted by Crippen LogP contribution is 2.31. The second kappa shape index (κ2) is 10.5. The Kier molecular flexibility index (Phi) is 7.68. The largest absolute Gasteiger partial charge is 0.471 e. The molecular formula is C21H24Cl2N6O4S. The Hall–Kier alpha value is -2.31. The van der Waals surface area contributed by atoms with E-state index in [9.17, 15) is 14.4 Å². The molecular weight excluding hydrogens is 503 g/mol. The Morgan fingerprint density at radius 3 is 2.44 bits per heavy atom. The molecule has 0 radical (unpaired) electrons. The lowest BCUT2D eigenvalue weighted by atomic mass is 10.2. The van der Waals surface area contributed by atoms with E-state index in [1.165, 1.54) is 25.1 Å². The number of aliphatic hydroxyl groups excluding tert-OH is 2. The van der Waals surface area contributed by atoms with Gasteiger partial charge in [0.1, 0.15) is 30.9 Å². The zero-order valence-corrected chi connectivity index (χ0v) is 20.9. The van der Waals surface area contributed by atoms with Gasteiger partial charge in [-0.05, 0) is 31.5 Å². The average molecular weight is 527 g/mol. The summed E-state index contributed by atoms with van der Waals surface area (Å²) in [5.74, 6) is 1.79. The fourth-order valence-corrected chi connectivity index (χ4v) is 4.99. The maximum absolute atomic E-state index is 11.9. The van der Waals surface area contributed by atoms with Crippen LogP contribution in [0.25, 0.3) is 11.0 Å². The van der Waals surface area contributed by atoms with Crippen LogP contribution in [-0.2, 0) is 17.4 Å². The van der Waals surface area contributed by atoms with E-state index in [2.05, 4.69) is 19.9 Å². The number of aliphatic hydroxyl groups is 2. The highest BCUT2D eigenvalue weighted by atomic mass is 35.5. The van der Waals surface area contributed by atoms with Crippen LogP contribution < -0.4 is 14.5 Å². The highest BCUT2D eigenvalue weighted by Gasteiger charge is 2.27. The van der Waals surface area contributed by atoms with Crippen LogP contribution in [0.15, 0.2) is 24.5 Å². The smallest absolute Gasteiger partial charge is 0.244 e. The average Bonchev–Trinajstić information content (AvgIpc) is 2.79. The van der Waals surface area contributed by atoms with Gasteiger partial charge in [-0.2, -0.15) is 9.97 Å². The first-order chi connectivity index (χ1) is 16.2. The van der Waals surface area contributed by atoms with Gasteiger partial charge in [-0.15, -0.1) is 0 Å². The standard InChI is InChI=1S/C21H24Cl2N6O4S/c1-12(30)29(13(2)31)21-26-18-17(19(27-21)28-5-7-34(32)8-6-28)24-11-25-20(18)33-10-14-3-4-15(22)16(23)9-14/h3-4,9,11-13,30-31H,5-8,10H2,1-2H3. The number of hydrogen-bond acceptors (Lipinski definition) is 10. The molecule has 2 N–H and O–H groups in total. The molecule has 2 aromatic heterocycles. The lowest BCUT2D eigenvalue weighted by Gasteiger charge is -2.31. The zero-order chi connectivity index (χ0) is 24.4. The SMILES string of the molecule is CC(O)N(c1nc(N2CCS(=O)CC2)c2ncnc(OCc3ccc(Cl)c(Cl)c3)c2n1)C(C)O.